The average Bonchev–Trinajstić information content (AvgIpc) is 2.85. The molecule has 4 rings (SSSR count). The van der Waals surface area contributed by atoms with Crippen molar-refractivity contribution in [2.24, 2.45) is 16.0 Å². The van der Waals surface area contributed by atoms with Gasteiger partial charge in [-0.2, -0.15) is 0 Å². The van der Waals surface area contributed by atoms with Crippen molar-refractivity contribution in [1.29, 1.82) is 0 Å². The molecule has 44 heavy (non-hydrogen) atoms. The van der Waals surface area contributed by atoms with Crippen molar-refractivity contribution in [3.63, 3.8) is 0 Å². The molecule has 2 amide bonds. The number of primary amides is 1. The summed E-state index contributed by atoms with van der Waals surface area (Å²) in [6.45, 7) is 0. The van der Waals surface area contributed by atoms with Gasteiger partial charge in [-0.15, -0.1) is 10.2 Å². The minimum Gasteiger partial charge on any atom is -0.744 e. The van der Waals surface area contributed by atoms with Crippen LogP contribution in [-0.4, -0.2) is 59.9 Å². The maximum Gasteiger partial charge on any atom is 1.00 e. The van der Waals surface area contributed by atoms with Crippen LogP contribution in [0.15, 0.2) is 80.0 Å². The van der Waals surface area contributed by atoms with Gasteiger partial charge in [0.05, 0.1) is 20.4 Å². The van der Waals surface area contributed by atoms with Gasteiger partial charge in [-0.05, 0) is 47.9 Å². The Hall–Kier alpha value is -1.67. The third-order valence-corrected chi connectivity index (χ3v) is 7.62. The van der Waals surface area contributed by atoms with E-state index in [1.807, 2.05) is 0 Å². The molecule has 1 heterocycles. The normalized spacial score (nSPS) is 11.6. The summed E-state index contributed by atoms with van der Waals surface area (Å²) in [5.41, 5.74) is 4.56. The Bertz CT molecular complexity index is 2070. The van der Waals surface area contributed by atoms with Crippen molar-refractivity contribution in [3.05, 3.63) is 55.1 Å². The second-order valence-electron chi connectivity index (χ2n) is 7.83. The number of azo groups is 1. The molecule has 0 saturated carbocycles. The second kappa shape index (κ2) is 15.8. The summed E-state index contributed by atoms with van der Waals surface area (Å²) in [7, 11) is -16.1. The molecule has 4 aromatic rings. The predicted molar refractivity (Wildman–Crippen MR) is 135 cm³/mol. The zero-order chi connectivity index (χ0) is 30.2. The average molecular weight is 691 g/mol. The van der Waals surface area contributed by atoms with Crippen LogP contribution in [-0.2, 0) is 30.4 Å². The van der Waals surface area contributed by atoms with Crippen molar-refractivity contribution in [3.8, 4) is 0 Å². The molecule has 0 atom stereocenters. The minimum atomic E-state index is -5.43. The van der Waals surface area contributed by atoms with Gasteiger partial charge in [-0.1, -0.05) is 0 Å². The Kier molecular flexibility index (Phi) is 14.4. The van der Waals surface area contributed by atoms with Gasteiger partial charge in [-0.25, -0.2) is 45.0 Å². The van der Waals surface area contributed by atoms with Gasteiger partial charge in [0.1, 0.15) is 54.4 Å². The number of hydrogen-bond donors (Lipinski definition) is 3. The molecule has 0 saturated heterocycles. The van der Waals surface area contributed by atoms with Crippen LogP contribution in [0.3, 0.4) is 0 Å². The monoisotopic (exact) mass is 690 g/mol. The first-order chi connectivity index (χ1) is 19.0. The number of nitrogens with two attached hydrogens (primary N) is 1. The van der Waals surface area contributed by atoms with Gasteiger partial charge in [-0.3, -0.25) is 0 Å². The fraction of sp³-hybridized carbons (Fsp3) is 0. The first kappa shape index (κ1) is 40.4. The third-order valence-electron chi connectivity index (χ3n) is 5.06. The van der Waals surface area contributed by atoms with E-state index in [-0.39, 0.29) is 106 Å². The zero-order valence-electron chi connectivity index (χ0n) is 22.8. The number of benzene rings is 3. The number of nitrogens with one attached hydrogen (secondary N) is 2. The van der Waals surface area contributed by atoms with E-state index in [0.29, 0.717) is 30.0 Å². The van der Waals surface area contributed by atoms with Crippen LogP contribution >= 0.6 is 0 Å². The number of hydrogen-bond acceptors (Lipinski definition) is 16. The van der Waals surface area contributed by atoms with E-state index >= 15 is 0 Å². The summed E-state index contributed by atoms with van der Waals surface area (Å²) in [5.74, 6) is 0.137. The van der Waals surface area contributed by atoms with Crippen LogP contribution in [0.25, 0.3) is 10.8 Å². The molecule has 0 bridgehead atoms. The summed E-state index contributed by atoms with van der Waals surface area (Å²) in [6.07, 6.45) is 2.44. The molecule has 0 aliphatic carbocycles. The van der Waals surface area contributed by atoms with Crippen molar-refractivity contribution in [2.45, 2.75) is 14.7 Å². The molecular formula is C20H13N8Na3O10S3. The number of aromatic nitrogens is 3. The van der Waals surface area contributed by atoms with E-state index in [4.69, 9.17) is 5.73 Å². The molecule has 18 nitrogen and oxygen atoms in total. The van der Waals surface area contributed by atoms with Crippen molar-refractivity contribution in [1.82, 2.24) is 15.0 Å². The van der Waals surface area contributed by atoms with E-state index in [1.165, 1.54) is 30.9 Å². The van der Waals surface area contributed by atoms with Crippen LogP contribution in [0.2, 0.25) is 0 Å². The van der Waals surface area contributed by atoms with E-state index in [9.17, 15) is 43.7 Å². The van der Waals surface area contributed by atoms with E-state index in [0.717, 1.165) is 0 Å². The molecule has 4 N–H and O–H groups in total. The Morgan fingerprint density at radius 3 is 1.89 bits per heavy atom. The molecule has 0 fully saturated rings. The number of carbonyl (C=O) groups excluding carboxylic acids is 1. The second-order valence-corrected chi connectivity index (χ2v) is 11.9. The minimum absolute atomic E-state index is 0. The Morgan fingerprint density at radius 1 is 0.750 bits per heavy atom. The van der Waals surface area contributed by atoms with Gasteiger partial charge in [0, 0.05) is 11.1 Å². The molecule has 0 aliphatic rings. The molecule has 3 aromatic carbocycles. The number of urea groups is 1. The smallest absolute Gasteiger partial charge is 0.744 e. The molecule has 0 unspecified atom stereocenters. The van der Waals surface area contributed by atoms with Crippen LogP contribution < -0.4 is 105 Å². The number of carbonyl (C=O) groups is 1. The maximum atomic E-state index is 12.0. The summed E-state index contributed by atoms with van der Waals surface area (Å²) >= 11 is 0. The van der Waals surface area contributed by atoms with Crippen molar-refractivity contribution in [2.75, 3.05) is 10.6 Å². The van der Waals surface area contributed by atoms with E-state index in [2.05, 4.69) is 35.8 Å². The fourth-order valence-corrected chi connectivity index (χ4v) is 5.38. The SMILES string of the molecule is NC(=O)Nc1cc(Nc2ncncn2)ccc1N=Nc1cc2c(S(=O)(=O)[O-])cc(S(=O)(=O)[O-])cc2cc1S(=O)(=O)[O-].[Na+].[Na+].[Na+]. The quantitative estimate of drug-likeness (QED) is 0.0879. The van der Waals surface area contributed by atoms with Crippen LogP contribution in [0, 0.1) is 0 Å². The summed E-state index contributed by atoms with van der Waals surface area (Å²) in [4.78, 5) is 19.5. The summed E-state index contributed by atoms with van der Waals surface area (Å²) < 4.78 is 106. The Balaban J connectivity index is 0.00000323. The molecule has 1 aromatic heterocycles. The Morgan fingerprint density at radius 2 is 1.34 bits per heavy atom. The van der Waals surface area contributed by atoms with E-state index in [1.54, 1.807) is 0 Å². The number of fused-ring (bicyclic) bond motifs is 1. The number of nitrogens with zero attached hydrogens (tertiary/aromatic N) is 5. The summed E-state index contributed by atoms with van der Waals surface area (Å²) in [5, 5.41) is 11.5. The van der Waals surface area contributed by atoms with Crippen molar-refractivity contribution >= 4 is 75.9 Å². The van der Waals surface area contributed by atoms with Crippen LogP contribution in [0.5, 0.6) is 0 Å². The van der Waals surface area contributed by atoms with Gasteiger partial charge < -0.3 is 30.0 Å². The first-order valence-electron chi connectivity index (χ1n) is 10.5. The van der Waals surface area contributed by atoms with Gasteiger partial charge >= 0.3 is 94.7 Å². The molecule has 214 valence electrons. The molecule has 24 heteroatoms. The van der Waals surface area contributed by atoms with E-state index < -0.39 is 67.5 Å². The maximum absolute atomic E-state index is 12.0. The van der Waals surface area contributed by atoms with Gasteiger partial charge in [0.2, 0.25) is 5.95 Å². The number of amides is 2. The summed E-state index contributed by atoms with van der Waals surface area (Å²) in [6, 6.07) is 5.12. The molecular weight excluding hydrogens is 677 g/mol. The van der Waals surface area contributed by atoms with Gasteiger partial charge in [0.15, 0.2) is 0 Å². The fourth-order valence-electron chi connectivity index (χ4n) is 3.42. The molecule has 0 radical (unpaired) electrons. The Labute approximate surface area is 315 Å². The molecule has 0 spiro atoms. The number of rotatable bonds is 8. The molecule has 0 aliphatic heterocycles. The third kappa shape index (κ3) is 10.2. The zero-order valence-corrected chi connectivity index (χ0v) is 31.3. The van der Waals surface area contributed by atoms with Crippen LogP contribution in [0.4, 0.5) is 33.5 Å². The van der Waals surface area contributed by atoms with Crippen LogP contribution in [0.1, 0.15) is 0 Å². The standard InChI is InChI=1S/C20H16N8O10S3.3Na/c21-19(29)26-15-5-11(25-20-23-8-22-9-24-20)1-2-14(15)27-28-16-7-13-10(4-18(16)41(36,37)38)3-12(39(30,31)32)6-17(13)40(33,34)35;;;/h1-9H,(H3,21,26,29)(H,30,31,32)(H,33,34,35)(H,36,37,38)(H,22,23,24,25);;;/q;3*+1/p-3. The van der Waals surface area contributed by atoms with Gasteiger partial charge in [0.25, 0.3) is 0 Å². The first-order valence-corrected chi connectivity index (χ1v) is 14.8. The topological polar surface area (TPSA) is 302 Å². The predicted octanol–water partition coefficient (Wildman–Crippen LogP) is -7.60. The largest absolute Gasteiger partial charge is 1.00 e. The van der Waals surface area contributed by atoms with Crippen molar-refractivity contribution < 1.29 is 132 Å². The number of anilines is 3.